The number of hydrogen-bond donors (Lipinski definition) is 1. The topological polar surface area (TPSA) is 73.2 Å². The first-order chi connectivity index (χ1) is 8.97. The minimum absolute atomic E-state index is 0.0352. The van der Waals surface area contributed by atoms with Crippen LogP contribution >= 0.6 is 11.6 Å². The molecule has 0 aliphatic carbocycles. The van der Waals surface area contributed by atoms with Gasteiger partial charge in [-0.3, -0.25) is 9.00 Å². The van der Waals surface area contributed by atoms with Gasteiger partial charge in [0.1, 0.15) is 5.02 Å². The molecule has 0 aliphatic heterocycles. The molecule has 2 unspecified atom stereocenters. The summed E-state index contributed by atoms with van der Waals surface area (Å²) in [5.74, 6) is 0. The molecule has 19 heavy (non-hydrogen) atoms. The Hall–Kier alpha value is -0.920. The summed E-state index contributed by atoms with van der Waals surface area (Å²) in [6.45, 7) is 3.06. The van der Waals surface area contributed by atoms with E-state index in [4.69, 9.17) is 16.3 Å². The Morgan fingerprint density at radius 3 is 2.89 bits per heavy atom. The van der Waals surface area contributed by atoms with Crippen molar-refractivity contribution in [3.63, 3.8) is 0 Å². The molecule has 6 nitrogen and oxygen atoms in total. The fourth-order valence-electron chi connectivity index (χ4n) is 1.30. The van der Waals surface area contributed by atoms with Crippen LogP contribution in [0.2, 0.25) is 5.02 Å². The molecule has 0 bridgehead atoms. The summed E-state index contributed by atoms with van der Waals surface area (Å²) in [7, 11) is 0.620. The van der Waals surface area contributed by atoms with Gasteiger partial charge in [0.25, 0.3) is 5.56 Å². The van der Waals surface area contributed by atoms with Crippen LogP contribution in [0.25, 0.3) is 0 Å². The van der Waals surface area contributed by atoms with Crippen molar-refractivity contribution in [3.05, 3.63) is 21.6 Å². The molecular weight excluding hydrogens is 290 g/mol. The van der Waals surface area contributed by atoms with Crippen LogP contribution in [0.4, 0.5) is 5.69 Å². The lowest BCUT2D eigenvalue weighted by Gasteiger charge is -2.12. The van der Waals surface area contributed by atoms with Crippen LogP contribution in [-0.4, -0.2) is 45.8 Å². The second kappa shape index (κ2) is 7.62. The highest BCUT2D eigenvalue weighted by Crippen LogP contribution is 2.15. The average molecular weight is 308 g/mol. The molecule has 0 saturated heterocycles. The standard InChI is InChI=1S/C11H18ClN3O3S/c1-8(19(3)17)6-13-9-7-14-15(4-5-18-2)11(16)10(9)12/h7-8,13H,4-6H2,1-3H3. The third-order valence-electron chi connectivity index (χ3n) is 2.64. The zero-order valence-corrected chi connectivity index (χ0v) is 12.8. The first-order valence-corrected chi connectivity index (χ1v) is 7.78. The van der Waals surface area contributed by atoms with Gasteiger partial charge < -0.3 is 10.1 Å². The summed E-state index contributed by atoms with van der Waals surface area (Å²) < 4.78 is 17.4. The van der Waals surface area contributed by atoms with Crippen molar-refractivity contribution in [1.82, 2.24) is 9.78 Å². The Morgan fingerprint density at radius 1 is 1.63 bits per heavy atom. The van der Waals surface area contributed by atoms with E-state index in [1.165, 1.54) is 10.9 Å². The van der Waals surface area contributed by atoms with Gasteiger partial charge in [-0.2, -0.15) is 5.10 Å². The lowest BCUT2D eigenvalue weighted by atomic mass is 10.4. The molecule has 0 saturated carbocycles. The lowest BCUT2D eigenvalue weighted by Crippen LogP contribution is -2.27. The quantitative estimate of drug-likeness (QED) is 0.803. The first-order valence-electron chi connectivity index (χ1n) is 5.78. The number of aromatic nitrogens is 2. The number of hydrogen-bond acceptors (Lipinski definition) is 5. The highest BCUT2D eigenvalue weighted by Gasteiger charge is 2.11. The minimum Gasteiger partial charge on any atom is -0.383 e. The second-order valence-electron chi connectivity index (χ2n) is 4.08. The van der Waals surface area contributed by atoms with Crippen LogP contribution in [0.15, 0.2) is 11.0 Å². The van der Waals surface area contributed by atoms with Gasteiger partial charge in [0.05, 0.1) is 25.0 Å². The molecule has 0 spiro atoms. The molecule has 0 aromatic carbocycles. The van der Waals surface area contributed by atoms with Crippen LogP contribution in [0.5, 0.6) is 0 Å². The summed E-state index contributed by atoms with van der Waals surface area (Å²) in [5, 5.41) is 7.04. The fourth-order valence-corrected chi connectivity index (χ4v) is 1.83. The molecule has 8 heteroatoms. The van der Waals surface area contributed by atoms with E-state index in [0.29, 0.717) is 25.4 Å². The van der Waals surface area contributed by atoms with Gasteiger partial charge in [0, 0.05) is 36.0 Å². The summed E-state index contributed by atoms with van der Waals surface area (Å²) >= 11 is 5.99. The number of nitrogens with one attached hydrogen (secondary N) is 1. The van der Waals surface area contributed by atoms with Crippen molar-refractivity contribution in [2.24, 2.45) is 0 Å². The van der Waals surface area contributed by atoms with E-state index in [2.05, 4.69) is 10.4 Å². The maximum Gasteiger partial charge on any atom is 0.287 e. The Morgan fingerprint density at radius 2 is 2.32 bits per heavy atom. The third-order valence-corrected chi connectivity index (χ3v) is 4.30. The molecule has 1 N–H and O–H groups in total. The van der Waals surface area contributed by atoms with Crippen molar-refractivity contribution in [3.8, 4) is 0 Å². The van der Waals surface area contributed by atoms with Gasteiger partial charge in [-0.15, -0.1) is 0 Å². The number of anilines is 1. The van der Waals surface area contributed by atoms with E-state index in [0.717, 1.165) is 0 Å². The predicted molar refractivity (Wildman–Crippen MR) is 77.4 cm³/mol. The van der Waals surface area contributed by atoms with Crippen LogP contribution < -0.4 is 10.9 Å². The van der Waals surface area contributed by atoms with E-state index in [1.807, 2.05) is 6.92 Å². The van der Waals surface area contributed by atoms with Crippen LogP contribution in [-0.2, 0) is 22.1 Å². The first kappa shape index (κ1) is 16.1. The molecule has 2 atom stereocenters. The fraction of sp³-hybridized carbons (Fsp3) is 0.636. The van der Waals surface area contributed by atoms with Crippen molar-refractivity contribution in [2.45, 2.75) is 18.7 Å². The second-order valence-corrected chi connectivity index (χ2v) is 6.26. The summed E-state index contributed by atoms with van der Waals surface area (Å²) in [5.41, 5.74) is 0.0895. The maximum atomic E-state index is 11.9. The lowest BCUT2D eigenvalue weighted by molar-refractivity contribution is 0.182. The summed E-state index contributed by atoms with van der Waals surface area (Å²) in [6, 6.07) is 0. The molecule has 1 rings (SSSR count). The van der Waals surface area contributed by atoms with Gasteiger partial charge in [-0.05, 0) is 6.92 Å². The molecule has 1 aromatic heterocycles. The van der Waals surface area contributed by atoms with Gasteiger partial charge in [-0.25, -0.2) is 4.68 Å². The smallest absolute Gasteiger partial charge is 0.287 e. The molecular formula is C11H18ClN3O3S. The molecule has 0 aliphatic rings. The number of ether oxygens (including phenoxy) is 1. The van der Waals surface area contributed by atoms with E-state index >= 15 is 0 Å². The van der Waals surface area contributed by atoms with Gasteiger partial charge in [-0.1, -0.05) is 11.6 Å². The highest BCUT2D eigenvalue weighted by molar-refractivity contribution is 7.84. The highest BCUT2D eigenvalue weighted by atomic mass is 35.5. The van der Waals surface area contributed by atoms with Crippen molar-refractivity contribution in [2.75, 3.05) is 31.8 Å². The molecule has 1 heterocycles. The molecule has 0 amide bonds. The normalized spacial score (nSPS) is 14.1. The Balaban J connectivity index is 2.79. The van der Waals surface area contributed by atoms with Crippen molar-refractivity contribution in [1.29, 1.82) is 0 Å². The van der Waals surface area contributed by atoms with E-state index in [-0.39, 0.29) is 15.8 Å². The van der Waals surface area contributed by atoms with Crippen LogP contribution in [0, 0.1) is 0 Å². The Labute approximate surface area is 119 Å². The number of rotatable bonds is 7. The largest absolute Gasteiger partial charge is 0.383 e. The zero-order chi connectivity index (χ0) is 14.4. The van der Waals surface area contributed by atoms with Crippen LogP contribution in [0.1, 0.15) is 6.92 Å². The minimum atomic E-state index is -0.930. The maximum absolute atomic E-state index is 11.9. The SMILES string of the molecule is COCCn1ncc(NCC(C)S(C)=O)c(Cl)c1=O. The van der Waals surface area contributed by atoms with Crippen molar-refractivity contribution < 1.29 is 8.95 Å². The van der Waals surface area contributed by atoms with Gasteiger partial charge >= 0.3 is 0 Å². The average Bonchev–Trinajstić information content (AvgIpc) is 2.38. The summed E-state index contributed by atoms with van der Waals surface area (Å²) in [4.78, 5) is 11.9. The molecule has 1 aromatic rings. The third kappa shape index (κ3) is 4.59. The van der Waals surface area contributed by atoms with Crippen LogP contribution in [0.3, 0.4) is 0 Å². The number of methoxy groups -OCH3 is 1. The Bertz CT molecular complexity index is 506. The molecule has 0 radical (unpaired) electrons. The van der Waals surface area contributed by atoms with Gasteiger partial charge in [0.15, 0.2) is 0 Å². The monoisotopic (exact) mass is 307 g/mol. The van der Waals surface area contributed by atoms with E-state index < -0.39 is 10.8 Å². The number of nitrogens with zero attached hydrogens (tertiary/aromatic N) is 2. The summed E-state index contributed by atoms with van der Waals surface area (Å²) in [6.07, 6.45) is 3.12. The predicted octanol–water partition coefficient (Wildman–Crippen LogP) is 0.722. The van der Waals surface area contributed by atoms with E-state index in [9.17, 15) is 9.00 Å². The number of halogens is 1. The molecule has 0 fully saturated rings. The Kier molecular flexibility index (Phi) is 6.47. The van der Waals surface area contributed by atoms with E-state index in [1.54, 1.807) is 13.4 Å². The zero-order valence-electron chi connectivity index (χ0n) is 11.2. The van der Waals surface area contributed by atoms with Crippen molar-refractivity contribution >= 4 is 28.1 Å². The molecule has 108 valence electrons. The van der Waals surface area contributed by atoms with Gasteiger partial charge in [0.2, 0.25) is 0 Å².